The minimum atomic E-state index is -1.57. The fraction of sp³-hybridized carbons (Fsp3) is 0.280. The second kappa shape index (κ2) is 6.80. The van der Waals surface area contributed by atoms with Crippen molar-refractivity contribution in [1.29, 1.82) is 0 Å². The first-order chi connectivity index (χ1) is 14.6. The summed E-state index contributed by atoms with van der Waals surface area (Å²) in [5, 5.41) is 1.84. The normalized spacial score (nSPS) is 13.5. The van der Waals surface area contributed by atoms with Crippen LogP contribution in [-0.2, 0) is 13.4 Å². The Labute approximate surface area is 170 Å². The molecule has 0 aliphatic heterocycles. The standard InChI is InChI=1S/C25H25N2O/c1-15(2)13-18-11-12-27(6)21(14-18)23-17(4)7-9-19-22-16(3)8-10-20(26-5)25(22)28-24(19)23/h7-12,14-15H,13H2,1-4,6H3/q+1/i12D,13D2. The van der Waals surface area contributed by atoms with Gasteiger partial charge in [0.1, 0.15) is 19.6 Å². The number of fused-ring (bicyclic) bond motifs is 3. The molecule has 2 heterocycles. The minimum absolute atomic E-state index is 0.225. The summed E-state index contributed by atoms with van der Waals surface area (Å²) in [5.74, 6) is -0.237. The average Bonchev–Trinajstić information content (AvgIpc) is 3.10. The van der Waals surface area contributed by atoms with E-state index in [0.29, 0.717) is 22.4 Å². The zero-order valence-electron chi connectivity index (χ0n) is 19.8. The molecule has 0 aliphatic rings. The number of pyridine rings is 1. The molecule has 0 amide bonds. The third kappa shape index (κ3) is 2.86. The van der Waals surface area contributed by atoms with Gasteiger partial charge in [0.15, 0.2) is 6.17 Å². The van der Waals surface area contributed by atoms with Gasteiger partial charge in [0, 0.05) is 25.6 Å². The predicted molar refractivity (Wildman–Crippen MR) is 115 cm³/mol. The quantitative estimate of drug-likeness (QED) is 0.299. The average molecular weight is 373 g/mol. The van der Waals surface area contributed by atoms with Crippen molar-refractivity contribution in [3.8, 4) is 11.3 Å². The van der Waals surface area contributed by atoms with Crippen LogP contribution in [0.3, 0.4) is 0 Å². The molecule has 0 fully saturated rings. The maximum Gasteiger partial charge on any atom is 0.229 e. The highest BCUT2D eigenvalue weighted by Crippen LogP contribution is 2.41. The van der Waals surface area contributed by atoms with Crippen LogP contribution < -0.4 is 4.57 Å². The van der Waals surface area contributed by atoms with Gasteiger partial charge in [0.05, 0.1) is 12.1 Å². The molecule has 2 aromatic heterocycles. The molecule has 2 aromatic carbocycles. The lowest BCUT2D eigenvalue weighted by molar-refractivity contribution is -0.660. The van der Waals surface area contributed by atoms with E-state index in [2.05, 4.69) is 4.85 Å². The molecule has 0 saturated heterocycles. The number of hydrogen-bond donors (Lipinski definition) is 0. The van der Waals surface area contributed by atoms with Gasteiger partial charge in [-0.25, -0.2) is 9.41 Å². The summed E-state index contributed by atoms with van der Waals surface area (Å²) in [6.45, 7) is 15.2. The van der Waals surface area contributed by atoms with E-state index in [-0.39, 0.29) is 12.1 Å². The monoisotopic (exact) mass is 372 g/mol. The summed E-state index contributed by atoms with van der Waals surface area (Å²) in [6.07, 6.45) is -1.34. The Hall–Kier alpha value is -3.12. The lowest BCUT2D eigenvalue weighted by Gasteiger charge is -2.09. The molecule has 0 atom stereocenters. The number of nitrogens with zero attached hydrogens (tertiary/aromatic N) is 2. The number of hydrogen-bond acceptors (Lipinski definition) is 1. The van der Waals surface area contributed by atoms with Crippen LogP contribution in [0.4, 0.5) is 5.69 Å². The van der Waals surface area contributed by atoms with Gasteiger partial charge in [0.2, 0.25) is 11.4 Å². The topological polar surface area (TPSA) is 21.4 Å². The molecule has 0 radical (unpaired) electrons. The fourth-order valence-electron chi connectivity index (χ4n) is 3.78. The highest BCUT2D eigenvalue weighted by Gasteiger charge is 2.22. The van der Waals surface area contributed by atoms with Crippen LogP contribution in [0, 0.1) is 26.3 Å². The van der Waals surface area contributed by atoms with Gasteiger partial charge in [-0.3, -0.25) is 0 Å². The molecule has 0 aliphatic carbocycles. The van der Waals surface area contributed by atoms with Gasteiger partial charge in [-0.05, 0) is 42.8 Å². The maximum absolute atomic E-state index is 8.55. The van der Waals surface area contributed by atoms with Crippen LogP contribution in [0.25, 0.3) is 38.0 Å². The highest BCUT2D eigenvalue weighted by atomic mass is 16.3. The van der Waals surface area contributed by atoms with Gasteiger partial charge in [-0.15, -0.1) is 0 Å². The SMILES string of the molecule is [2H]c1cc(C([2H])([2H])C(C)C)cc(-c2c(C)ccc3c2oc2c([N+]#[C-])ccc(C)c23)[n+]1C. The minimum Gasteiger partial charge on any atom is -0.466 e. The summed E-state index contributed by atoms with van der Waals surface area (Å²) >= 11 is 0. The molecule has 28 heavy (non-hydrogen) atoms. The van der Waals surface area contributed by atoms with E-state index in [1.807, 2.05) is 59.0 Å². The van der Waals surface area contributed by atoms with Crippen LogP contribution in [0.15, 0.2) is 47.0 Å². The van der Waals surface area contributed by atoms with Crippen LogP contribution in [0.1, 0.15) is 34.7 Å². The predicted octanol–water partition coefficient (Wildman–Crippen LogP) is 6.44. The molecule has 0 N–H and O–H groups in total. The number of benzene rings is 2. The lowest BCUT2D eigenvalue weighted by Crippen LogP contribution is -2.31. The lowest BCUT2D eigenvalue weighted by atomic mass is 9.97. The summed E-state index contributed by atoms with van der Waals surface area (Å²) in [4.78, 5) is 3.63. The maximum atomic E-state index is 8.55. The number of aryl methyl sites for hydroxylation is 2. The third-order valence-electron chi connectivity index (χ3n) is 5.08. The summed E-state index contributed by atoms with van der Waals surface area (Å²) in [6, 6.07) is 11.2. The van der Waals surface area contributed by atoms with E-state index in [9.17, 15) is 0 Å². The summed E-state index contributed by atoms with van der Waals surface area (Å²) in [5.41, 5.74) is 5.71. The van der Waals surface area contributed by atoms with E-state index in [4.69, 9.17) is 15.1 Å². The van der Waals surface area contributed by atoms with Crippen LogP contribution >= 0.6 is 0 Å². The Balaban J connectivity index is 2.14. The largest absolute Gasteiger partial charge is 0.466 e. The first-order valence-electron chi connectivity index (χ1n) is 10.9. The van der Waals surface area contributed by atoms with Gasteiger partial charge >= 0.3 is 0 Å². The van der Waals surface area contributed by atoms with Crippen molar-refractivity contribution < 1.29 is 13.1 Å². The van der Waals surface area contributed by atoms with Crippen molar-refractivity contribution in [3.05, 3.63) is 70.7 Å². The van der Waals surface area contributed by atoms with Gasteiger partial charge in [-0.2, -0.15) is 0 Å². The second-order valence-electron chi connectivity index (χ2n) is 7.57. The van der Waals surface area contributed by atoms with E-state index in [1.165, 1.54) is 0 Å². The summed E-state index contributed by atoms with van der Waals surface area (Å²) in [7, 11) is 1.81. The Kier molecular flexibility index (Phi) is 3.61. The van der Waals surface area contributed by atoms with E-state index in [0.717, 1.165) is 33.2 Å². The number of aromatic nitrogens is 1. The summed E-state index contributed by atoms with van der Waals surface area (Å²) < 4.78 is 33.6. The first-order valence-corrected chi connectivity index (χ1v) is 9.42. The molecule has 140 valence electrons. The Morgan fingerprint density at radius 1 is 1.14 bits per heavy atom. The molecule has 0 saturated carbocycles. The molecule has 4 rings (SSSR count). The Morgan fingerprint density at radius 2 is 1.89 bits per heavy atom. The molecule has 0 unspecified atom stereocenters. The zero-order chi connectivity index (χ0) is 22.7. The molecular formula is C25H25N2O+. The highest BCUT2D eigenvalue weighted by molar-refractivity contribution is 6.14. The van der Waals surface area contributed by atoms with Crippen molar-refractivity contribution in [3.63, 3.8) is 0 Å². The molecule has 3 heteroatoms. The van der Waals surface area contributed by atoms with Gasteiger partial charge < -0.3 is 4.42 Å². The van der Waals surface area contributed by atoms with Crippen molar-refractivity contribution in [1.82, 2.24) is 0 Å². The van der Waals surface area contributed by atoms with Gasteiger partial charge in [0.25, 0.3) is 0 Å². The van der Waals surface area contributed by atoms with Crippen molar-refractivity contribution in [2.45, 2.75) is 34.1 Å². The number of rotatable bonds is 3. The molecule has 4 aromatic rings. The van der Waals surface area contributed by atoms with Crippen LogP contribution in [-0.4, -0.2) is 0 Å². The smallest absolute Gasteiger partial charge is 0.229 e. The van der Waals surface area contributed by atoms with E-state index in [1.54, 1.807) is 16.7 Å². The molecular weight excluding hydrogens is 344 g/mol. The Bertz CT molecular complexity index is 1390. The molecule has 0 bridgehead atoms. The van der Waals surface area contributed by atoms with Crippen molar-refractivity contribution in [2.75, 3.05) is 0 Å². The zero-order valence-corrected chi connectivity index (χ0v) is 16.8. The second-order valence-corrected chi connectivity index (χ2v) is 7.57. The van der Waals surface area contributed by atoms with Gasteiger partial charge in [-0.1, -0.05) is 38.1 Å². The Morgan fingerprint density at radius 3 is 2.61 bits per heavy atom. The first kappa shape index (κ1) is 14.9. The van der Waals surface area contributed by atoms with Crippen molar-refractivity contribution in [2.24, 2.45) is 13.0 Å². The third-order valence-corrected chi connectivity index (χ3v) is 5.08. The fourth-order valence-corrected chi connectivity index (χ4v) is 3.78. The van der Waals surface area contributed by atoms with E-state index < -0.39 is 6.37 Å². The number of furan rings is 1. The van der Waals surface area contributed by atoms with Crippen molar-refractivity contribution >= 4 is 27.6 Å². The molecule has 0 spiro atoms. The molecule has 3 nitrogen and oxygen atoms in total. The van der Waals surface area contributed by atoms with Crippen LogP contribution in [0.5, 0.6) is 0 Å². The van der Waals surface area contributed by atoms with Crippen LogP contribution in [0.2, 0.25) is 0 Å². The van der Waals surface area contributed by atoms with E-state index >= 15 is 0 Å².